The van der Waals surface area contributed by atoms with Crippen molar-refractivity contribution >= 4 is 46.2 Å². The zero-order valence-electron chi connectivity index (χ0n) is 16.2. The molecule has 1 amide bonds. The Morgan fingerprint density at radius 1 is 1.07 bits per heavy atom. The van der Waals surface area contributed by atoms with Gasteiger partial charge in [-0.2, -0.15) is 0 Å². The molecule has 0 unspecified atom stereocenters. The van der Waals surface area contributed by atoms with Crippen molar-refractivity contribution in [2.45, 2.75) is 32.1 Å². The second-order valence-corrected chi connectivity index (χ2v) is 8.65. The van der Waals surface area contributed by atoms with Gasteiger partial charge < -0.3 is 0 Å². The minimum atomic E-state index is 0.0241. The van der Waals surface area contributed by atoms with Crippen LogP contribution in [0.4, 0.5) is 5.69 Å². The Kier molecular flexibility index (Phi) is 6.53. The molecule has 0 saturated carbocycles. The summed E-state index contributed by atoms with van der Waals surface area (Å²) in [5.41, 5.74) is 3.28. The number of thioether (sulfide) groups is 1. The maximum Gasteiger partial charge on any atom is 0.266 e. The monoisotopic (exact) mass is 422 g/mol. The second kappa shape index (κ2) is 9.47. The minimum Gasteiger partial charge on any atom is -0.286 e. The highest BCUT2D eigenvalue weighted by atomic mass is 35.5. The summed E-state index contributed by atoms with van der Waals surface area (Å²) in [5.74, 6) is 0.0241. The van der Waals surface area contributed by atoms with Gasteiger partial charge in [-0.3, -0.25) is 9.69 Å². The number of aliphatic imine (C=N–C) groups is 1. The molecule has 0 spiro atoms. The van der Waals surface area contributed by atoms with Crippen molar-refractivity contribution in [3.63, 3.8) is 0 Å². The molecular weight excluding hydrogens is 400 g/mol. The summed E-state index contributed by atoms with van der Waals surface area (Å²) in [6.07, 6.45) is 10.0. The highest BCUT2D eigenvalue weighted by Gasteiger charge is 2.33. The molecule has 1 aliphatic carbocycles. The quantitative estimate of drug-likeness (QED) is 0.390. The molecule has 0 radical (unpaired) electrons. The van der Waals surface area contributed by atoms with Crippen LogP contribution in [0.2, 0.25) is 5.02 Å². The van der Waals surface area contributed by atoms with E-state index in [0.717, 1.165) is 35.7 Å². The molecule has 0 aromatic heterocycles. The number of halogens is 1. The van der Waals surface area contributed by atoms with E-state index < -0.39 is 0 Å². The average molecular weight is 423 g/mol. The molecule has 1 heterocycles. The fourth-order valence-electron chi connectivity index (χ4n) is 3.50. The average Bonchev–Trinajstić information content (AvgIpc) is 3.04. The first-order chi connectivity index (χ1) is 14.2. The van der Waals surface area contributed by atoms with E-state index in [1.807, 2.05) is 65.6 Å². The highest BCUT2D eigenvalue weighted by molar-refractivity contribution is 8.18. The number of amidine groups is 1. The Morgan fingerprint density at radius 3 is 2.59 bits per heavy atom. The summed E-state index contributed by atoms with van der Waals surface area (Å²) >= 11 is 7.43. The van der Waals surface area contributed by atoms with Crippen molar-refractivity contribution in [3.8, 4) is 0 Å². The zero-order chi connectivity index (χ0) is 20.1. The van der Waals surface area contributed by atoms with Crippen LogP contribution in [-0.4, -0.2) is 22.5 Å². The number of para-hydroxylation sites is 1. The van der Waals surface area contributed by atoms with Gasteiger partial charge in [0.25, 0.3) is 5.91 Å². The van der Waals surface area contributed by atoms with Gasteiger partial charge >= 0.3 is 0 Å². The molecule has 1 aliphatic heterocycles. The smallest absolute Gasteiger partial charge is 0.266 e. The highest BCUT2D eigenvalue weighted by Crippen LogP contribution is 2.35. The number of carbonyl (C=O) groups excluding carboxylic acids is 1. The first-order valence-corrected chi connectivity index (χ1v) is 11.2. The van der Waals surface area contributed by atoms with E-state index in [1.165, 1.54) is 30.2 Å². The van der Waals surface area contributed by atoms with Crippen molar-refractivity contribution in [2.24, 2.45) is 4.99 Å². The lowest BCUT2D eigenvalue weighted by Crippen LogP contribution is -2.30. The number of hydrogen-bond acceptors (Lipinski definition) is 3. The van der Waals surface area contributed by atoms with Crippen LogP contribution in [-0.2, 0) is 4.79 Å². The standard InChI is InChI=1S/C24H23ClN2OS/c25-20-13-11-19(12-14-20)17-22-23(28)27(16-15-18-7-3-1-4-8-18)24(29-22)26-21-9-5-2-6-10-21/h2,5-7,9-14,17H,1,3-4,8,15-16H2. The zero-order valence-corrected chi connectivity index (χ0v) is 17.8. The fraction of sp³-hybridized carbons (Fsp3) is 0.250. The van der Waals surface area contributed by atoms with Gasteiger partial charge in [-0.15, -0.1) is 0 Å². The van der Waals surface area contributed by atoms with Gasteiger partial charge in [0.15, 0.2) is 5.17 Å². The lowest BCUT2D eigenvalue weighted by molar-refractivity contribution is -0.122. The van der Waals surface area contributed by atoms with E-state index in [2.05, 4.69) is 6.08 Å². The third-order valence-electron chi connectivity index (χ3n) is 5.08. The Hall–Kier alpha value is -2.30. The van der Waals surface area contributed by atoms with Gasteiger partial charge in [-0.25, -0.2) is 4.99 Å². The maximum atomic E-state index is 13.2. The van der Waals surface area contributed by atoms with E-state index >= 15 is 0 Å². The van der Waals surface area contributed by atoms with E-state index in [-0.39, 0.29) is 5.91 Å². The predicted molar refractivity (Wildman–Crippen MR) is 123 cm³/mol. The summed E-state index contributed by atoms with van der Waals surface area (Å²) in [5, 5.41) is 1.43. The first kappa shape index (κ1) is 20.0. The van der Waals surface area contributed by atoms with E-state index in [0.29, 0.717) is 16.5 Å². The molecule has 148 valence electrons. The first-order valence-electron chi connectivity index (χ1n) is 9.98. The fourth-order valence-corrected chi connectivity index (χ4v) is 4.65. The van der Waals surface area contributed by atoms with Gasteiger partial charge in [-0.1, -0.05) is 53.6 Å². The van der Waals surface area contributed by atoms with Gasteiger partial charge in [0.2, 0.25) is 0 Å². The van der Waals surface area contributed by atoms with Gasteiger partial charge in [-0.05, 0) is 79.8 Å². The van der Waals surface area contributed by atoms with Crippen LogP contribution in [0.3, 0.4) is 0 Å². The Labute approximate surface area is 181 Å². The lowest BCUT2D eigenvalue weighted by atomic mass is 9.97. The number of hydrogen-bond donors (Lipinski definition) is 0. The molecule has 1 saturated heterocycles. The molecule has 2 aliphatic rings. The van der Waals surface area contributed by atoms with Crippen LogP contribution in [0.1, 0.15) is 37.7 Å². The van der Waals surface area contributed by atoms with Gasteiger partial charge in [0.1, 0.15) is 0 Å². The summed E-state index contributed by atoms with van der Waals surface area (Å²) < 4.78 is 0. The van der Waals surface area contributed by atoms with E-state index in [9.17, 15) is 4.79 Å². The Bertz CT molecular complexity index is 964. The number of nitrogens with zero attached hydrogens (tertiary/aromatic N) is 2. The topological polar surface area (TPSA) is 32.7 Å². The molecule has 0 N–H and O–H groups in total. The number of rotatable bonds is 5. The summed E-state index contributed by atoms with van der Waals surface area (Å²) in [6, 6.07) is 17.3. The third kappa shape index (κ3) is 5.20. The largest absolute Gasteiger partial charge is 0.286 e. The molecule has 3 nitrogen and oxygen atoms in total. The SMILES string of the molecule is O=C1C(=Cc2ccc(Cl)cc2)SC(=Nc2ccccc2)N1CCC1=CCCCC1. The Balaban J connectivity index is 1.59. The van der Waals surface area contributed by atoms with Crippen LogP contribution < -0.4 is 0 Å². The predicted octanol–water partition coefficient (Wildman–Crippen LogP) is 6.83. The third-order valence-corrected chi connectivity index (χ3v) is 6.34. The van der Waals surface area contributed by atoms with Crippen molar-refractivity contribution in [3.05, 3.63) is 81.7 Å². The van der Waals surface area contributed by atoms with Crippen LogP contribution in [0.25, 0.3) is 6.08 Å². The van der Waals surface area contributed by atoms with Crippen LogP contribution in [0.5, 0.6) is 0 Å². The van der Waals surface area contributed by atoms with Crippen molar-refractivity contribution in [1.82, 2.24) is 4.90 Å². The summed E-state index contributed by atoms with van der Waals surface area (Å²) in [7, 11) is 0. The molecule has 5 heteroatoms. The number of carbonyl (C=O) groups is 1. The molecule has 0 bridgehead atoms. The maximum absolute atomic E-state index is 13.2. The van der Waals surface area contributed by atoms with E-state index in [4.69, 9.17) is 16.6 Å². The van der Waals surface area contributed by atoms with Crippen LogP contribution >= 0.6 is 23.4 Å². The normalized spacial score (nSPS) is 19.8. The Morgan fingerprint density at radius 2 is 1.86 bits per heavy atom. The van der Waals surface area contributed by atoms with Gasteiger partial charge in [0, 0.05) is 11.6 Å². The van der Waals surface area contributed by atoms with Crippen molar-refractivity contribution in [1.29, 1.82) is 0 Å². The van der Waals surface area contributed by atoms with Crippen molar-refractivity contribution < 1.29 is 4.79 Å². The number of allylic oxidation sites excluding steroid dienone is 1. The minimum absolute atomic E-state index is 0.0241. The van der Waals surface area contributed by atoms with Crippen molar-refractivity contribution in [2.75, 3.05) is 6.54 Å². The van der Waals surface area contributed by atoms with Gasteiger partial charge in [0.05, 0.1) is 10.6 Å². The second-order valence-electron chi connectivity index (χ2n) is 7.21. The lowest BCUT2D eigenvalue weighted by Gasteiger charge is -2.18. The molecule has 2 aromatic carbocycles. The van der Waals surface area contributed by atoms with E-state index in [1.54, 1.807) is 0 Å². The summed E-state index contributed by atoms with van der Waals surface area (Å²) in [6.45, 7) is 0.668. The molecule has 4 rings (SSSR count). The molecular formula is C24H23ClN2OS. The number of benzene rings is 2. The molecule has 0 atom stereocenters. The molecule has 29 heavy (non-hydrogen) atoms. The number of amides is 1. The summed E-state index contributed by atoms with van der Waals surface area (Å²) in [4.78, 5) is 20.4. The molecule has 2 aromatic rings. The molecule has 1 fully saturated rings. The van der Waals surface area contributed by atoms with Crippen LogP contribution in [0, 0.1) is 0 Å². The van der Waals surface area contributed by atoms with Crippen LogP contribution in [0.15, 0.2) is 76.1 Å².